The normalized spacial score (nSPS) is 10.2. The SMILES string of the molecule is CN(C(=O)c1csc(I)c1)c1cccc(O)c1. The van der Waals surface area contributed by atoms with Crippen molar-refractivity contribution in [2.24, 2.45) is 0 Å². The molecule has 17 heavy (non-hydrogen) atoms. The van der Waals surface area contributed by atoms with Crippen molar-refractivity contribution in [2.75, 3.05) is 11.9 Å². The minimum Gasteiger partial charge on any atom is -0.508 e. The number of nitrogens with zero attached hydrogens (tertiary/aromatic N) is 1. The Balaban J connectivity index is 2.26. The number of hydrogen-bond donors (Lipinski definition) is 1. The van der Waals surface area contributed by atoms with Gasteiger partial charge < -0.3 is 10.0 Å². The van der Waals surface area contributed by atoms with Crippen molar-refractivity contribution in [3.05, 3.63) is 44.2 Å². The molecule has 0 aliphatic carbocycles. The molecule has 1 aromatic heterocycles. The molecule has 2 rings (SSSR count). The summed E-state index contributed by atoms with van der Waals surface area (Å²) in [6.07, 6.45) is 0. The van der Waals surface area contributed by atoms with Crippen LogP contribution >= 0.6 is 33.9 Å². The predicted octanol–water partition coefficient (Wildman–Crippen LogP) is 3.33. The Hall–Kier alpha value is -1.08. The van der Waals surface area contributed by atoms with Gasteiger partial charge in [-0.1, -0.05) is 6.07 Å². The van der Waals surface area contributed by atoms with E-state index >= 15 is 0 Å². The first-order valence-electron chi connectivity index (χ1n) is 4.89. The van der Waals surface area contributed by atoms with E-state index in [0.717, 1.165) is 2.88 Å². The Bertz CT molecular complexity index is 553. The molecule has 0 spiro atoms. The summed E-state index contributed by atoms with van der Waals surface area (Å²) >= 11 is 3.72. The van der Waals surface area contributed by atoms with Gasteiger partial charge in [0.25, 0.3) is 5.91 Å². The second-order valence-electron chi connectivity index (χ2n) is 3.52. The van der Waals surface area contributed by atoms with Crippen LogP contribution in [0.15, 0.2) is 35.7 Å². The van der Waals surface area contributed by atoms with Gasteiger partial charge in [0, 0.05) is 24.2 Å². The lowest BCUT2D eigenvalue weighted by Crippen LogP contribution is -2.25. The molecule has 0 aliphatic heterocycles. The summed E-state index contributed by atoms with van der Waals surface area (Å²) in [4.78, 5) is 13.6. The molecule has 1 amide bonds. The maximum absolute atomic E-state index is 12.1. The van der Waals surface area contributed by atoms with Crippen LogP contribution in [0, 0.1) is 2.88 Å². The third-order valence-electron chi connectivity index (χ3n) is 2.34. The Morgan fingerprint density at radius 1 is 1.41 bits per heavy atom. The summed E-state index contributed by atoms with van der Waals surface area (Å²) < 4.78 is 1.08. The molecule has 88 valence electrons. The lowest BCUT2D eigenvalue weighted by Gasteiger charge is -2.16. The highest BCUT2D eigenvalue weighted by atomic mass is 127. The number of rotatable bonds is 2. The van der Waals surface area contributed by atoms with E-state index in [1.165, 1.54) is 16.2 Å². The molecule has 2 aromatic rings. The van der Waals surface area contributed by atoms with Crippen LogP contribution in [-0.4, -0.2) is 18.1 Å². The average Bonchev–Trinajstić information content (AvgIpc) is 2.74. The Morgan fingerprint density at radius 3 is 2.76 bits per heavy atom. The van der Waals surface area contributed by atoms with E-state index in [1.807, 2.05) is 11.4 Å². The predicted molar refractivity (Wildman–Crippen MR) is 77.9 cm³/mol. The molecular formula is C12H10INO2S. The highest BCUT2D eigenvalue weighted by Gasteiger charge is 2.14. The number of anilines is 1. The van der Waals surface area contributed by atoms with Crippen LogP contribution in [0.25, 0.3) is 0 Å². The van der Waals surface area contributed by atoms with E-state index in [1.54, 1.807) is 31.3 Å². The topological polar surface area (TPSA) is 40.5 Å². The van der Waals surface area contributed by atoms with Gasteiger partial charge in [0.05, 0.1) is 8.45 Å². The second-order valence-corrected chi connectivity index (χ2v) is 6.33. The van der Waals surface area contributed by atoms with E-state index in [4.69, 9.17) is 0 Å². The number of aromatic hydroxyl groups is 1. The van der Waals surface area contributed by atoms with Gasteiger partial charge in [0.2, 0.25) is 0 Å². The molecule has 0 fully saturated rings. The minimum atomic E-state index is -0.0743. The fourth-order valence-electron chi connectivity index (χ4n) is 1.43. The summed E-state index contributed by atoms with van der Waals surface area (Å²) in [5.41, 5.74) is 1.35. The number of amides is 1. The number of thiophene rings is 1. The van der Waals surface area contributed by atoms with Gasteiger partial charge >= 0.3 is 0 Å². The van der Waals surface area contributed by atoms with E-state index in [-0.39, 0.29) is 11.7 Å². The van der Waals surface area contributed by atoms with Crippen molar-refractivity contribution in [2.45, 2.75) is 0 Å². The molecule has 1 N–H and O–H groups in total. The molecule has 1 aromatic carbocycles. The van der Waals surface area contributed by atoms with Gasteiger partial charge in [0.1, 0.15) is 5.75 Å². The molecule has 0 radical (unpaired) electrons. The summed E-state index contributed by atoms with van der Waals surface area (Å²) in [6.45, 7) is 0. The summed E-state index contributed by atoms with van der Waals surface area (Å²) in [7, 11) is 1.70. The number of halogens is 1. The number of benzene rings is 1. The zero-order chi connectivity index (χ0) is 12.4. The van der Waals surface area contributed by atoms with Crippen molar-refractivity contribution in [1.29, 1.82) is 0 Å². The van der Waals surface area contributed by atoms with Gasteiger partial charge in [-0.2, -0.15) is 0 Å². The van der Waals surface area contributed by atoms with Crippen LogP contribution in [0.4, 0.5) is 5.69 Å². The van der Waals surface area contributed by atoms with E-state index in [9.17, 15) is 9.90 Å². The van der Waals surface area contributed by atoms with Gasteiger partial charge in [-0.3, -0.25) is 4.79 Å². The molecule has 0 bridgehead atoms. The van der Waals surface area contributed by atoms with Gasteiger partial charge in [-0.25, -0.2) is 0 Å². The van der Waals surface area contributed by atoms with E-state index in [0.29, 0.717) is 11.3 Å². The fraction of sp³-hybridized carbons (Fsp3) is 0.0833. The first kappa shape index (κ1) is 12.4. The maximum Gasteiger partial charge on any atom is 0.258 e. The van der Waals surface area contributed by atoms with Gasteiger partial charge in [-0.15, -0.1) is 11.3 Å². The Kier molecular flexibility index (Phi) is 3.68. The molecule has 5 heteroatoms. The minimum absolute atomic E-state index is 0.0743. The third kappa shape index (κ3) is 2.78. The zero-order valence-electron chi connectivity index (χ0n) is 9.05. The van der Waals surface area contributed by atoms with E-state index in [2.05, 4.69) is 22.6 Å². The van der Waals surface area contributed by atoms with Crippen molar-refractivity contribution in [3.63, 3.8) is 0 Å². The second kappa shape index (κ2) is 5.05. The standard InChI is InChI=1S/C12H10INO2S/c1-14(9-3-2-4-10(15)6-9)12(16)8-5-11(13)17-7-8/h2-7,15H,1H3. The van der Waals surface area contributed by atoms with Crippen molar-refractivity contribution in [1.82, 2.24) is 0 Å². The van der Waals surface area contributed by atoms with E-state index < -0.39 is 0 Å². The van der Waals surface area contributed by atoms with Crippen LogP contribution in [-0.2, 0) is 0 Å². The lowest BCUT2D eigenvalue weighted by molar-refractivity contribution is 0.0993. The molecule has 3 nitrogen and oxygen atoms in total. The quantitative estimate of drug-likeness (QED) is 0.836. The number of hydrogen-bond acceptors (Lipinski definition) is 3. The monoisotopic (exact) mass is 359 g/mol. The number of carbonyl (C=O) groups excluding carboxylic acids is 1. The Morgan fingerprint density at radius 2 is 2.18 bits per heavy atom. The highest BCUT2D eigenvalue weighted by Crippen LogP contribution is 2.23. The van der Waals surface area contributed by atoms with Crippen molar-refractivity contribution < 1.29 is 9.90 Å². The van der Waals surface area contributed by atoms with Gasteiger partial charge in [0.15, 0.2) is 0 Å². The summed E-state index contributed by atoms with van der Waals surface area (Å²) in [5, 5.41) is 11.2. The third-order valence-corrected chi connectivity index (χ3v) is 4.13. The van der Waals surface area contributed by atoms with Crippen LogP contribution in [0.1, 0.15) is 10.4 Å². The van der Waals surface area contributed by atoms with Gasteiger partial charge in [-0.05, 0) is 40.8 Å². The zero-order valence-corrected chi connectivity index (χ0v) is 12.0. The summed E-state index contributed by atoms with van der Waals surface area (Å²) in [5.74, 6) is 0.0804. The van der Waals surface area contributed by atoms with Crippen LogP contribution in [0.5, 0.6) is 5.75 Å². The fourth-order valence-corrected chi connectivity index (χ4v) is 2.76. The van der Waals surface area contributed by atoms with Crippen LogP contribution in [0.3, 0.4) is 0 Å². The largest absolute Gasteiger partial charge is 0.508 e. The molecule has 0 aliphatic rings. The van der Waals surface area contributed by atoms with Crippen LogP contribution < -0.4 is 4.90 Å². The number of carbonyl (C=O) groups is 1. The molecular weight excluding hydrogens is 349 g/mol. The maximum atomic E-state index is 12.1. The highest BCUT2D eigenvalue weighted by molar-refractivity contribution is 14.1. The molecule has 0 unspecified atom stereocenters. The average molecular weight is 359 g/mol. The lowest BCUT2D eigenvalue weighted by atomic mass is 10.2. The number of phenolic OH excluding ortho intramolecular Hbond substituents is 1. The van der Waals surface area contributed by atoms with Crippen molar-refractivity contribution in [3.8, 4) is 5.75 Å². The first-order valence-corrected chi connectivity index (χ1v) is 6.85. The Labute approximate surface area is 117 Å². The van der Waals surface area contributed by atoms with Crippen molar-refractivity contribution >= 4 is 45.5 Å². The molecule has 0 atom stereocenters. The molecule has 0 saturated carbocycles. The number of phenols is 1. The first-order chi connectivity index (χ1) is 8.08. The summed E-state index contributed by atoms with van der Waals surface area (Å²) in [6, 6.07) is 8.50. The molecule has 0 saturated heterocycles. The smallest absolute Gasteiger partial charge is 0.258 e. The molecule has 1 heterocycles. The van der Waals surface area contributed by atoms with Crippen LogP contribution in [0.2, 0.25) is 0 Å².